The summed E-state index contributed by atoms with van der Waals surface area (Å²) in [5.41, 5.74) is 10.5. The van der Waals surface area contributed by atoms with Crippen LogP contribution >= 0.6 is 0 Å². The molecule has 3 N–H and O–H groups in total. The van der Waals surface area contributed by atoms with Crippen LogP contribution in [-0.4, -0.2) is 13.1 Å². The largest absolute Gasteiger partial charge is 0.330 e. The molecule has 2 nitrogen and oxygen atoms in total. The van der Waals surface area contributed by atoms with E-state index in [0.29, 0.717) is 11.3 Å². The first kappa shape index (κ1) is 14.5. The number of benzene rings is 1. The third-order valence-electron chi connectivity index (χ3n) is 4.70. The summed E-state index contributed by atoms with van der Waals surface area (Å²) in [6.07, 6.45) is 3.93. The highest BCUT2D eigenvalue weighted by Gasteiger charge is 2.34. The molecule has 19 heavy (non-hydrogen) atoms. The van der Waals surface area contributed by atoms with Crippen molar-refractivity contribution in [2.24, 2.45) is 11.1 Å². The van der Waals surface area contributed by atoms with E-state index in [0.717, 1.165) is 19.6 Å². The Morgan fingerprint density at radius 2 is 2.05 bits per heavy atom. The van der Waals surface area contributed by atoms with Gasteiger partial charge in [-0.15, -0.1) is 0 Å². The highest BCUT2D eigenvalue weighted by atomic mass is 14.9. The lowest BCUT2D eigenvalue weighted by molar-refractivity contribution is 0.140. The van der Waals surface area contributed by atoms with Gasteiger partial charge in [0.05, 0.1) is 0 Å². The molecule has 0 unspecified atom stereocenters. The van der Waals surface area contributed by atoms with E-state index in [-0.39, 0.29) is 0 Å². The Bertz CT molecular complexity index is 414. The number of aryl methyl sites for hydroxylation is 1. The number of hydrogen-bond donors (Lipinski definition) is 2. The van der Waals surface area contributed by atoms with Crippen LogP contribution in [0.2, 0.25) is 0 Å². The van der Waals surface area contributed by atoms with Gasteiger partial charge in [-0.2, -0.15) is 0 Å². The molecular weight excluding hydrogens is 232 g/mol. The number of nitrogens with two attached hydrogens (primary N) is 1. The minimum absolute atomic E-state index is 0.392. The molecule has 1 aromatic carbocycles. The smallest absolute Gasteiger partial charge is 0.0208 e. The minimum Gasteiger partial charge on any atom is -0.330 e. The van der Waals surface area contributed by atoms with Crippen molar-refractivity contribution in [3.8, 4) is 0 Å². The Morgan fingerprint density at radius 3 is 2.58 bits per heavy atom. The topological polar surface area (TPSA) is 38.0 Å². The lowest BCUT2D eigenvalue weighted by Gasteiger charge is -2.41. The van der Waals surface area contributed by atoms with Crippen molar-refractivity contribution in [1.29, 1.82) is 0 Å². The van der Waals surface area contributed by atoms with Crippen molar-refractivity contribution in [1.82, 2.24) is 5.32 Å². The van der Waals surface area contributed by atoms with E-state index >= 15 is 0 Å². The fraction of sp³-hybridized carbons (Fsp3) is 0.647. The summed E-state index contributed by atoms with van der Waals surface area (Å²) in [6.45, 7) is 9.55. The average Bonchev–Trinajstić information content (AvgIpc) is 2.34. The number of rotatable bonds is 6. The van der Waals surface area contributed by atoms with Gasteiger partial charge in [-0.25, -0.2) is 0 Å². The van der Waals surface area contributed by atoms with Crippen molar-refractivity contribution >= 4 is 0 Å². The predicted molar refractivity (Wildman–Crippen MR) is 82.3 cm³/mol. The van der Waals surface area contributed by atoms with Gasteiger partial charge in [0.25, 0.3) is 0 Å². The molecule has 1 fully saturated rings. The van der Waals surface area contributed by atoms with Crippen LogP contribution in [0.15, 0.2) is 18.2 Å². The summed E-state index contributed by atoms with van der Waals surface area (Å²) in [5, 5.41) is 3.62. The van der Waals surface area contributed by atoms with Gasteiger partial charge in [0.15, 0.2) is 0 Å². The zero-order valence-electron chi connectivity index (χ0n) is 12.6. The van der Waals surface area contributed by atoms with Gasteiger partial charge in [-0.05, 0) is 54.3 Å². The molecule has 0 amide bonds. The van der Waals surface area contributed by atoms with Crippen molar-refractivity contribution in [3.63, 3.8) is 0 Å². The summed E-state index contributed by atoms with van der Waals surface area (Å²) < 4.78 is 0. The Balaban J connectivity index is 1.93. The summed E-state index contributed by atoms with van der Waals surface area (Å²) >= 11 is 0. The van der Waals surface area contributed by atoms with E-state index in [4.69, 9.17) is 5.73 Å². The quantitative estimate of drug-likeness (QED) is 0.823. The van der Waals surface area contributed by atoms with Gasteiger partial charge in [-0.1, -0.05) is 38.5 Å². The molecule has 0 spiro atoms. The highest BCUT2D eigenvalue weighted by molar-refractivity contribution is 5.32. The molecule has 1 aromatic rings. The third-order valence-corrected chi connectivity index (χ3v) is 4.70. The zero-order chi connectivity index (χ0) is 13.9. The maximum atomic E-state index is 5.90. The standard InChI is InChI=1S/C17H28N2/c1-13(2)15-6-5-14(3)16(9-15)10-19-12-17(11-18)7-4-8-17/h5-6,9,13,19H,4,7-8,10-12,18H2,1-3H3. The minimum atomic E-state index is 0.392. The average molecular weight is 260 g/mol. The molecule has 1 saturated carbocycles. The first-order chi connectivity index (χ1) is 9.06. The summed E-state index contributed by atoms with van der Waals surface area (Å²) in [5.74, 6) is 0.598. The molecule has 0 radical (unpaired) electrons. The van der Waals surface area contributed by atoms with Gasteiger partial charge >= 0.3 is 0 Å². The highest BCUT2D eigenvalue weighted by Crippen LogP contribution is 2.39. The Labute approximate surface area is 117 Å². The molecule has 0 saturated heterocycles. The van der Waals surface area contributed by atoms with Gasteiger partial charge in [0, 0.05) is 13.1 Å². The van der Waals surface area contributed by atoms with Crippen LogP contribution in [0.3, 0.4) is 0 Å². The molecule has 106 valence electrons. The van der Waals surface area contributed by atoms with Crippen LogP contribution in [0.25, 0.3) is 0 Å². The second kappa shape index (κ2) is 6.06. The van der Waals surface area contributed by atoms with Crippen LogP contribution in [0.1, 0.15) is 55.7 Å². The summed E-state index contributed by atoms with van der Waals surface area (Å²) in [4.78, 5) is 0. The SMILES string of the molecule is Cc1ccc(C(C)C)cc1CNCC1(CN)CCC1. The zero-order valence-corrected chi connectivity index (χ0v) is 12.6. The van der Waals surface area contributed by atoms with Crippen LogP contribution in [0.4, 0.5) is 0 Å². The molecule has 0 aromatic heterocycles. The fourth-order valence-corrected chi connectivity index (χ4v) is 2.83. The Morgan fingerprint density at radius 1 is 1.32 bits per heavy atom. The Kier molecular flexibility index (Phi) is 4.64. The van der Waals surface area contributed by atoms with Gasteiger partial charge in [0.1, 0.15) is 0 Å². The van der Waals surface area contributed by atoms with E-state index in [2.05, 4.69) is 44.3 Å². The maximum Gasteiger partial charge on any atom is 0.0208 e. The van der Waals surface area contributed by atoms with Gasteiger partial charge < -0.3 is 11.1 Å². The Hall–Kier alpha value is -0.860. The van der Waals surface area contributed by atoms with Gasteiger partial charge in [0.2, 0.25) is 0 Å². The molecule has 2 rings (SSSR count). The molecule has 0 aliphatic heterocycles. The predicted octanol–water partition coefficient (Wildman–Crippen LogP) is 3.34. The van der Waals surface area contributed by atoms with Gasteiger partial charge in [-0.3, -0.25) is 0 Å². The number of hydrogen-bond acceptors (Lipinski definition) is 2. The van der Waals surface area contributed by atoms with E-state index in [1.807, 2.05) is 0 Å². The van der Waals surface area contributed by atoms with Crippen LogP contribution in [0, 0.1) is 12.3 Å². The number of nitrogens with one attached hydrogen (secondary N) is 1. The van der Waals surface area contributed by atoms with E-state index in [9.17, 15) is 0 Å². The molecule has 0 heterocycles. The van der Waals surface area contributed by atoms with Crippen LogP contribution < -0.4 is 11.1 Å². The fourth-order valence-electron chi connectivity index (χ4n) is 2.83. The van der Waals surface area contributed by atoms with Crippen LogP contribution in [0.5, 0.6) is 0 Å². The first-order valence-electron chi connectivity index (χ1n) is 7.56. The second-order valence-electron chi connectivity index (χ2n) is 6.50. The van der Waals surface area contributed by atoms with Crippen molar-refractivity contribution in [2.45, 2.75) is 52.5 Å². The molecule has 0 atom stereocenters. The second-order valence-corrected chi connectivity index (χ2v) is 6.50. The summed E-state index contributed by atoms with van der Waals surface area (Å²) in [7, 11) is 0. The van der Waals surface area contributed by atoms with Crippen LogP contribution in [-0.2, 0) is 6.54 Å². The van der Waals surface area contributed by atoms with E-state index < -0.39 is 0 Å². The van der Waals surface area contributed by atoms with E-state index in [1.165, 1.54) is 36.0 Å². The van der Waals surface area contributed by atoms with E-state index in [1.54, 1.807) is 0 Å². The first-order valence-corrected chi connectivity index (χ1v) is 7.56. The third kappa shape index (κ3) is 3.37. The lowest BCUT2D eigenvalue weighted by Crippen LogP contribution is -2.45. The van der Waals surface area contributed by atoms with Crippen molar-refractivity contribution in [3.05, 3.63) is 34.9 Å². The monoisotopic (exact) mass is 260 g/mol. The molecule has 0 bridgehead atoms. The lowest BCUT2D eigenvalue weighted by atomic mass is 9.69. The van der Waals surface area contributed by atoms with Crippen molar-refractivity contribution in [2.75, 3.05) is 13.1 Å². The summed E-state index contributed by atoms with van der Waals surface area (Å²) in [6, 6.07) is 6.84. The van der Waals surface area contributed by atoms with Crippen molar-refractivity contribution < 1.29 is 0 Å². The molecule has 2 heteroatoms. The molecule has 1 aliphatic carbocycles. The molecule has 1 aliphatic rings. The normalized spacial score (nSPS) is 17.5. The maximum absolute atomic E-state index is 5.90. The molecular formula is C17H28N2.